The Labute approximate surface area is 138 Å². The molecule has 1 heterocycles. The van der Waals surface area contributed by atoms with E-state index in [1.807, 2.05) is 25.1 Å². The van der Waals surface area contributed by atoms with E-state index in [2.05, 4.69) is 42.0 Å². The van der Waals surface area contributed by atoms with Crippen LogP contribution in [-0.2, 0) is 0 Å². The Kier molecular flexibility index (Phi) is 3.82. The van der Waals surface area contributed by atoms with Gasteiger partial charge >= 0.3 is 0 Å². The number of aryl methyl sites for hydroxylation is 1. The zero-order valence-electron chi connectivity index (χ0n) is 11.0. The third-order valence-corrected chi connectivity index (χ3v) is 4.31. The summed E-state index contributed by atoms with van der Waals surface area (Å²) in [5.74, 6) is 0.989. The van der Waals surface area contributed by atoms with Crippen LogP contribution >= 0.6 is 31.9 Å². The highest BCUT2D eigenvalue weighted by Gasteiger charge is 2.14. The van der Waals surface area contributed by atoms with E-state index in [1.54, 1.807) is 18.2 Å². The summed E-state index contributed by atoms with van der Waals surface area (Å²) in [5.41, 5.74) is 2.67. The lowest BCUT2D eigenvalue weighted by atomic mass is 10.1. The summed E-state index contributed by atoms with van der Waals surface area (Å²) in [6.07, 6.45) is 0. The van der Waals surface area contributed by atoms with Crippen molar-refractivity contribution in [2.75, 3.05) is 0 Å². The molecule has 0 amide bonds. The molecule has 3 rings (SSSR count). The predicted molar refractivity (Wildman–Crippen MR) is 87.0 cm³/mol. The maximum Gasteiger partial charge on any atom is 0.258 e. The van der Waals surface area contributed by atoms with E-state index in [0.717, 1.165) is 15.6 Å². The molecule has 21 heavy (non-hydrogen) atoms. The summed E-state index contributed by atoms with van der Waals surface area (Å²) in [4.78, 5) is 4.38. The number of nitrogens with zero attached hydrogens (tertiary/aromatic N) is 2. The van der Waals surface area contributed by atoms with E-state index < -0.39 is 0 Å². The third-order valence-electron chi connectivity index (χ3n) is 2.98. The molecule has 0 bridgehead atoms. The Hall–Kier alpha value is -1.66. The van der Waals surface area contributed by atoms with Gasteiger partial charge in [-0.3, -0.25) is 0 Å². The minimum Gasteiger partial charge on any atom is -0.507 e. The van der Waals surface area contributed by atoms with Gasteiger partial charge in [-0.2, -0.15) is 4.98 Å². The van der Waals surface area contributed by atoms with E-state index in [0.29, 0.717) is 21.8 Å². The second kappa shape index (κ2) is 5.61. The Morgan fingerprint density at radius 2 is 1.86 bits per heavy atom. The van der Waals surface area contributed by atoms with Crippen molar-refractivity contribution in [1.82, 2.24) is 10.1 Å². The summed E-state index contributed by atoms with van der Waals surface area (Å²) >= 11 is 6.74. The van der Waals surface area contributed by atoms with Gasteiger partial charge in [0.25, 0.3) is 5.89 Å². The average molecular weight is 410 g/mol. The van der Waals surface area contributed by atoms with Crippen LogP contribution in [0, 0.1) is 6.92 Å². The topological polar surface area (TPSA) is 59.2 Å². The van der Waals surface area contributed by atoms with Crippen LogP contribution in [0.15, 0.2) is 49.9 Å². The lowest BCUT2D eigenvalue weighted by molar-refractivity contribution is 0.431. The van der Waals surface area contributed by atoms with Gasteiger partial charge in [0.15, 0.2) is 0 Å². The number of hydrogen-bond donors (Lipinski definition) is 1. The van der Waals surface area contributed by atoms with Crippen LogP contribution in [0.3, 0.4) is 0 Å². The first-order chi connectivity index (χ1) is 10.0. The van der Waals surface area contributed by atoms with Gasteiger partial charge in [-0.1, -0.05) is 27.2 Å². The van der Waals surface area contributed by atoms with E-state index in [4.69, 9.17) is 4.52 Å². The van der Waals surface area contributed by atoms with Gasteiger partial charge in [-0.15, -0.1) is 0 Å². The van der Waals surface area contributed by atoms with Crippen molar-refractivity contribution in [2.45, 2.75) is 6.92 Å². The molecule has 2 aromatic carbocycles. The first-order valence-electron chi connectivity index (χ1n) is 6.14. The largest absolute Gasteiger partial charge is 0.507 e. The van der Waals surface area contributed by atoms with Crippen molar-refractivity contribution < 1.29 is 9.63 Å². The molecule has 0 spiro atoms. The Bertz CT molecular complexity index is 815. The molecule has 106 valence electrons. The second-order valence-electron chi connectivity index (χ2n) is 4.57. The molecule has 0 unspecified atom stereocenters. The van der Waals surface area contributed by atoms with Crippen LogP contribution in [0.4, 0.5) is 0 Å². The number of phenolic OH excluding ortho intramolecular Hbond substituents is 1. The lowest BCUT2D eigenvalue weighted by Crippen LogP contribution is -1.84. The summed E-state index contributed by atoms with van der Waals surface area (Å²) in [5, 5.41) is 13.7. The quantitative estimate of drug-likeness (QED) is 0.650. The van der Waals surface area contributed by atoms with Gasteiger partial charge in [0.05, 0.1) is 4.47 Å². The van der Waals surface area contributed by atoms with Gasteiger partial charge in [0, 0.05) is 15.6 Å². The first-order valence-corrected chi connectivity index (χ1v) is 7.72. The molecule has 0 saturated carbocycles. The molecule has 4 nitrogen and oxygen atoms in total. The minimum absolute atomic E-state index is 0.128. The number of benzene rings is 2. The normalized spacial score (nSPS) is 10.8. The van der Waals surface area contributed by atoms with Crippen LogP contribution in [0.25, 0.3) is 22.8 Å². The van der Waals surface area contributed by atoms with Crippen LogP contribution in [0.5, 0.6) is 5.75 Å². The van der Waals surface area contributed by atoms with Gasteiger partial charge < -0.3 is 9.63 Å². The van der Waals surface area contributed by atoms with Crippen LogP contribution in [-0.4, -0.2) is 15.2 Å². The fraction of sp³-hybridized carbons (Fsp3) is 0.0667. The van der Waals surface area contributed by atoms with Crippen LogP contribution in [0.1, 0.15) is 5.56 Å². The van der Waals surface area contributed by atoms with E-state index in [-0.39, 0.29) is 5.75 Å². The van der Waals surface area contributed by atoms with Crippen molar-refractivity contribution in [3.8, 4) is 28.6 Å². The van der Waals surface area contributed by atoms with Gasteiger partial charge in [0.1, 0.15) is 5.75 Å². The van der Waals surface area contributed by atoms with Gasteiger partial charge in [-0.25, -0.2) is 0 Å². The lowest BCUT2D eigenvalue weighted by Gasteiger charge is -2.00. The van der Waals surface area contributed by atoms with Crippen molar-refractivity contribution >= 4 is 31.9 Å². The maximum atomic E-state index is 9.72. The van der Waals surface area contributed by atoms with Crippen molar-refractivity contribution in [3.63, 3.8) is 0 Å². The Morgan fingerprint density at radius 1 is 1.05 bits per heavy atom. The molecule has 0 radical (unpaired) electrons. The Morgan fingerprint density at radius 3 is 2.57 bits per heavy atom. The van der Waals surface area contributed by atoms with E-state index in [1.165, 1.54) is 0 Å². The van der Waals surface area contributed by atoms with E-state index >= 15 is 0 Å². The SMILES string of the molecule is Cc1ccc(-c2noc(-c3ccc(Br)c(O)c3)n2)c(Br)c1. The standard InChI is InChI=1S/C15H10Br2N2O2/c1-8-2-4-10(12(17)6-8)14-18-15(21-19-14)9-3-5-11(16)13(20)7-9/h2-7,20H,1H3. The van der Waals surface area contributed by atoms with Crippen LogP contribution in [0.2, 0.25) is 0 Å². The molecule has 1 N–H and O–H groups in total. The first kappa shape index (κ1) is 14.3. The number of phenols is 1. The monoisotopic (exact) mass is 408 g/mol. The zero-order chi connectivity index (χ0) is 15.0. The average Bonchev–Trinajstić information content (AvgIpc) is 2.91. The number of aromatic hydroxyl groups is 1. The highest BCUT2D eigenvalue weighted by Crippen LogP contribution is 2.31. The molecular formula is C15H10Br2N2O2. The van der Waals surface area contributed by atoms with Gasteiger partial charge in [-0.05, 0) is 58.7 Å². The van der Waals surface area contributed by atoms with E-state index in [9.17, 15) is 5.11 Å². The number of halogens is 2. The number of rotatable bonds is 2. The highest BCUT2D eigenvalue weighted by atomic mass is 79.9. The fourth-order valence-electron chi connectivity index (χ4n) is 1.90. The maximum absolute atomic E-state index is 9.72. The molecule has 0 aliphatic heterocycles. The molecule has 0 saturated heterocycles. The van der Waals surface area contributed by atoms with Crippen molar-refractivity contribution in [3.05, 3.63) is 50.9 Å². The third kappa shape index (κ3) is 2.87. The summed E-state index contributed by atoms with van der Waals surface area (Å²) < 4.78 is 6.81. The van der Waals surface area contributed by atoms with Crippen LogP contribution < -0.4 is 0 Å². The zero-order valence-corrected chi connectivity index (χ0v) is 14.1. The Balaban J connectivity index is 2.01. The number of hydrogen-bond acceptors (Lipinski definition) is 4. The van der Waals surface area contributed by atoms with Crippen molar-refractivity contribution in [1.29, 1.82) is 0 Å². The second-order valence-corrected chi connectivity index (χ2v) is 6.28. The molecule has 0 atom stereocenters. The summed E-state index contributed by atoms with van der Waals surface area (Å²) in [6, 6.07) is 11.0. The van der Waals surface area contributed by atoms with Crippen molar-refractivity contribution in [2.24, 2.45) is 0 Å². The predicted octanol–water partition coefficient (Wildman–Crippen LogP) is 4.94. The summed E-state index contributed by atoms with van der Waals surface area (Å²) in [6.45, 7) is 2.01. The molecule has 3 aromatic rings. The molecule has 0 aliphatic rings. The molecule has 0 fully saturated rings. The van der Waals surface area contributed by atoms with Gasteiger partial charge in [0.2, 0.25) is 5.82 Å². The minimum atomic E-state index is 0.128. The fourth-order valence-corrected chi connectivity index (χ4v) is 2.81. The molecule has 1 aromatic heterocycles. The molecule has 6 heteroatoms. The summed E-state index contributed by atoms with van der Waals surface area (Å²) in [7, 11) is 0. The molecule has 0 aliphatic carbocycles. The number of aromatic nitrogens is 2. The smallest absolute Gasteiger partial charge is 0.258 e. The highest BCUT2D eigenvalue weighted by molar-refractivity contribution is 9.11. The molecular weight excluding hydrogens is 400 g/mol.